The minimum Gasteiger partial charge on any atom is -0.426 e. The molecule has 1 saturated carbocycles. The maximum atomic E-state index is 12.7. The number of aryl methyl sites for hydroxylation is 1. The summed E-state index contributed by atoms with van der Waals surface area (Å²) in [7, 11) is 0. The largest absolute Gasteiger partial charge is 0.426 e. The highest BCUT2D eigenvalue weighted by Crippen LogP contribution is 2.36. The van der Waals surface area contributed by atoms with E-state index in [2.05, 4.69) is 85.8 Å². The van der Waals surface area contributed by atoms with Crippen molar-refractivity contribution in [2.24, 2.45) is 5.92 Å². The third-order valence-electron chi connectivity index (χ3n) is 7.40. The first kappa shape index (κ1) is 25.0. The van der Waals surface area contributed by atoms with Gasteiger partial charge in [-0.05, 0) is 98.1 Å². The summed E-state index contributed by atoms with van der Waals surface area (Å²) in [6, 6.07) is 27.9. The van der Waals surface area contributed by atoms with Gasteiger partial charge in [0.05, 0.1) is 5.92 Å². The highest BCUT2D eigenvalue weighted by Gasteiger charge is 2.28. The van der Waals surface area contributed by atoms with Crippen molar-refractivity contribution in [1.82, 2.24) is 0 Å². The van der Waals surface area contributed by atoms with Gasteiger partial charge in [0.25, 0.3) is 0 Å². The highest BCUT2D eigenvalue weighted by atomic mass is 16.5. The Morgan fingerprint density at radius 3 is 2.20 bits per heavy atom. The number of ether oxygens (including phenoxy) is 1. The number of carbonyl (C=O) groups excluding carboxylic acids is 1. The van der Waals surface area contributed by atoms with Crippen LogP contribution in [-0.2, 0) is 17.6 Å². The Balaban J connectivity index is 1.24. The number of hydrogen-bond acceptors (Lipinski definition) is 2. The molecule has 0 spiro atoms. The summed E-state index contributed by atoms with van der Waals surface area (Å²) in [6.45, 7) is 4.34. The van der Waals surface area contributed by atoms with Crippen LogP contribution in [0.3, 0.4) is 0 Å². The van der Waals surface area contributed by atoms with Gasteiger partial charge in [-0.1, -0.05) is 85.8 Å². The third kappa shape index (κ3) is 7.18. The van der Waals surface area contributed by atoms with Crippen LogP contribution in [0.5, 0.6) is 5.75 Å². The van der Waals surface area contributed by atoms with Gasteiger partial charge in [0.1, 0.15) is 5.75 Å². The molecule has 0 aromatic heterocycles. The lowest BCUT2D eigenvalue weighted by molar-refractivity contribution is -0.140. The van der Waals surface area contributed by atoms with E-state index in [0.717, 1.165) is 44.9 Å². The van der Waals surface area contributed by atoms with E-state index in [1.807, 2.05) is 19.1 Å². The van der Waals surface area contributed by atoms with E-state index in [1.165, 1.54) is 22.3 Å². The third-order valence-corrected chi connectivity index (χ3v) is 7.40. The molecule has 1 atom stereocenters. The molecule has 0 bridgehead atoms. The fourth-order valence-corrected chi connectivity index (χ4v) is 5.18. The smallest absolute Gasteiger partial charge is 0.314 e. The number of hydrogen-bond donors (Lipinski definition) is 0. The second-order valence-electron chi connectivity index (χ2n) is 9.98. The van der Waals surface area contributed by atoms with Gasteiger partial charge in [0, 0.05) is 0 Å². The number of rotatable bonds is 9. The zero-order valence-corrected chi connectivity index (χ0v) is 21.2. The molecule has 0 unspecified atom stereocenters. The normalized spacial score (nSPS) is 18.9. The molecule has 3 aromatic carbocycles. The maximum Gasteiger partial charge on any atom is 0.314 e. The highest BCUT2D eigenvalue weighted by molar-refractivity contribution is 5.75. The Hall–Kier alpha value is -3.13. The second-order valence-corrected chi connectivity index (χ2v) is 9.98. The predicted octanol–water partition coefficient (Wildman–Crippen LogP) is 8.42. The van der Waals surface area contributed by atoms with Gasteiger partial charge in [-0.25, -0.2) is 0 Å². The molecule has 1 fully saturated rings. The molecule has 0 N–H and O–H groups in total. The molecule has 2 heteroatoms. The average molecular weight is 467 g/mol. The summed E-state index contributed by atoms with van der Waals surface area (Å²) in [5.41, 5.74) is 5.45. The monoisotopic (exact) mass is 466 g/mol. The molecule has 0 heterocycles. The first-order valence-corrected chi connectivity index (χ1v) is 13.2. The number of carbonyl (C=O) groups is 1. The van der Waals surface area contributed by atoms with Crippen molar-refractivity contribution >= 4 is 5.97 Å². The van der Waals surface area contributed by atoms with E-state index in [4.69, 9.17) is 4.74 Å². The molecule has 182 valence electrons. The summed E-state index contributed by atoms with van der Waals surface area (Å²) >= 11 is 0. The zero-order valence-electron chi connectivity index (χ0n) is 21.2. The number of benzene rings is 3. The van der Waals surface area contributed by atoms with Crippen LogP contribution < -0.4 is 4.74 Å². The van der Waals surface area contributed by atoms with Crippen LogP contribution in [0.1, 0.15) is 80.0 Å². The Morgan fingerprint density at radius 2 is 1.54 bits per heavy atom. The second kappa shape index (κ2) is 12.5. The molecular weight excluding hydrogens is 428 g/mol. The van der Waals surface area contributed by atoms with Crippen molar-refractivity contribution in [2.75, 3.05) is 0 Å². The van der Waals surface area contributed by atoms with Crippen LogP contribution in [0.4, 0.5) is 0 Å². The molecule has 1 aliphatic carbocycles. The molecule has 3 aromatic rings. The van der Waals surface area contributed by atoms with Crippen LogP contribution >= 0.6 is 0 Å². The van der Waals surface area contributed by atoms with E-state index in [9.17, 15) is 4.79 Å². The maximum absolute atomic E-state index is 12.7. The Labute approximate surface area is 211 Å². The molecule has 4 rings (SSSR count). The lowest BCUT2D eigenvalue weighted by Gasteiger charge is -2.27. The van der Waals surface area contributed by atoms with Crippen LogP contribution in [0.25, 0.3) is 0 Å². The van der Waals surface area contributed by atoms with Gasteiger partial charge in [-0.15, -0.1) is 0 Å². The lowest BCUT2D eigenvalue weighted by Crippen LogP contribution is -2.25. The first-order chi connectivity index (χ1) is 17.1. The van der Waals surface area contributed by atoms with E-state index in [0.29, 0.717) is 17.6 Å². The molecule has 0 amide bonds. The quantitative estimate of drug-likeness (QED) is 0.180. The molecule has 0 saturated heterocycles. The molecule has 35 heavy (non-hydrogen) atoms. The number of esters is 1. The van der Waals surface area contributed by atoms with Crippen LogP contribution in [0.15, 0.2) is 91.0 Å². The van der Waals surface area contributed by atoms with Crippen LogP contribution in [0, 0.1) is 5.92 Å². The minimum atomic E-state index is -0.0737. The topological polar surface area (TPSA) is 26.3 Å². The zero-order chi connectivity index (χ0) is 24.5. The standard InChI is InChI=1S/C33H38O2/c1-3-4-6-9-26-14-22-32(23-15-26)35-33(34)31-20-18-30(19-21-31)29-16-12-27(13-17-29)24-25(2)28-10-7-5-8-11-28/h3-5,7-8,10-17,22-23,25,30-31H,6,9,18-21,24H2,1-2H3/b4-3+/t25-,30?,31?/m1/s1. The summed E-state index contributed by atoms with van der Waals surface area (Å²) in [5.74, 6) is 1.64. The van der Waals surface area contributed by atoms with Gasteiger partial charge in [0.15, 0.2) is 0 Å². The minimum absolute atomic E-state index is 0.00612. The first-order valence-electron chi connectivity index (χ1n) is 13.2. The van der Waals surface area contributed by atoms with Gasteiger partial charge in [0.2, 0.25) is 0 Å². The SMILES string of the molecule is C/C=C/CCc1ccc(OC(=O)C2CCC(c3ccc(C[C@@H](C)c4ccccc4)cc3)CC2)cc1. The Bertz CT molecular complexity index is 1070. The van der Waals surface area contributed by atoms with Crippen molar-refractivity contribution in [3.05, 3.63) is 113 Å². The van der Waals surface area contributed by atoms with Crippen molar-refractivity contribution in [3.63, 3.8) is 0 Å². The molecule has 1 aliphatic rings. The van der Waals surface area contributed by atoms with E-state index in [1.54, 1.807) is 0 Å². The number of allylic oxidation sites excluding steroid dienone is 2. The summed E-state index contributed by atoms with van der Waals surface area (Å²) in [5, 5.41) is 0. The summed E-state index contributed by atoms with van der Waals surface area (Å²) in [4.78, 5) is 12.7. The predicted molar refractivity (Wildman–Crippen MR) is 145 cm³/mol. The summed E-state index contributed by atoms with van der Waals surface area (Å²) in [6.07, 6.45) is 11.2. The fraction of sp³-hybridized carbons (Fsp3) is 0.364. The molecule has 0 radical (unpaired) electrons. The van der Waals surface area contributed by atoms with Crippen molar-refractivity contribution in [1.29, 1.82) is 0 Å². The van der Waals surface area contributed by atoms with Crippen molar-refractivity contribution < 1.29 is 9.53 Å². The Morgan fingerprint density at radius 1 is 0.886 bits per heavy atom. The average Bonchev–Trinajstić information content (AvgIpc) is 2.91. The van der Waals surface area contributed by atoms with Gasteiger partial charge >= 0.3 is 5.97 Å². The summed E-state index contributed by atoms with van der Waals surface area (Å²) < 4.78 is 5.71. The van der Waals surface area contributed by atoms with E-state index in [-0.39, 0.29) is 11.9 Å². The van der Waals surface area contributed by atoms with Gasteiger partial charge in [-0.2, -0.15) is 0 Å². The van der Waals surface area contributed by atoms with Crippen LogP contribution in [0.2, 0.25) is 0 Å². The fourth-order valence-electron chi connectivity index (χ4n) is 5.18. The van der Waals surface area contributed by atoms with Crippen molar-refractivity contribution in [3.8, 4) is 5.75 Å². The van der Waals surface area contributed by atoms with Gasteiger partial charge < -0.3 is 4.74 Å². The van der Waals surface area contributed by atoms with Crippen LogP contribution in [-0.4, -0.2) is 5.97 Å². The van der Waals surface area contributed by atoms with E-state index >= 15 is 0 Å². The Kier molecular flexibility index (Phi) is 8.95. The lowest BCUT2D eigenvalue weighted by atomic mass is 9.78. The molecular formula is C33H38O2. The molecule has 0 aliphatic heterocycles. The van der Waals surface area contributed by atoms with Crippen molar-refractivity contribution in [2.45, 2.75) is 70.6 Å². The van der Waals surface area contributed by atoms with Gasteiger partial charge in [-0.3, -0.25) is 4.79 Å². The molecule has 2 nitrogen and oxygen atoms in total. The van der Waals surface area contributed by atoms with E-state index < -0.39 is 0 Å².